The van der Waals surface area contributed by atoms with Crippen molar-refractivity contribution in [3.63, 3.8) is 0 Å². The van der Waals surface area contributed by atoms with E-state index < -0.39 is 0 Å². The number of aromatic nitrogens is 1. The van der Waals surface area contributed by atoms with E-state index in [1.807, 2.05) is 62.6 Å². The highest BCUT2D eigenvalue weighted by atomic mass is 79.9. The van der Waals surface area contributed by atoms with Crippen LogP contribution in [0.4, 0.5) is 11.4 Å². The lowest BCUT2D eigenvalue weighted by Gasteiger charge is -2.10. The van der Waals surface area contributed by atoms with Crippen LogP contribution in [0.25, 0.3) is 11.8 Å². The van der Waals surface area contributed by atoms with Crippen molar-refractivity contribution in [2.45, 2.75) is 34.6 Å². The summed E-state index contributed by atoms with van der Waals surface area (Å²) in [6.07, 6.45) is 1.84. The number of thioether (sulfide) groups is 1. The molecule has 4 rings (SSSR count). The van der Waals surface area contributed by atoms with Crippen LogP contribution >= 0.6 is 27.7 Å². The van der Waals surface area contributed by atoms with Gasteiger partial charge in [0.2, 0.25) is 0 Å². The second-order valence-electron chi connectivity index (χ2n) is 8.27. The first kappa shape index (κ1) is 24.0. The molecule has 1 fully saturated rings. The maximum atomic E-state index is 12.6. The highest BCUT2D eigenvalue weighted by Crippen LogP contribution is 2.33. The van der Waals surface area contributed by atoms with E-state index in [4.69, 9.17) is 0 Å². The van der Waals surface area contributed by atoms with Crippen LogP contribution in [-0.4, -0.2) is 20.6 Å². The van der Waals surface area contributed by atoms with Crippen LogP contribution < -0.4 is 5.32 Å². The molecule has 0 atom stereocenters. The number of halogens is 1. The normalized spacial score (nSPS) is 15.9. The van der Waals surface area contributed by atoms with Crippen LogP contribution in [0, 0.1) is 44.7 Å². The molecule has 1 amide bonds. The molecule has 1 saturated heterocycles. The quantitative estimate of drug-likeness (QED) is 0.230. The number of amidine groups is 1. The van der Waals surface area contributed by atoms with Crippen LogP contribution in [0.3, 0.4) is 0 Å². The molecule has 1 N–H and O–H groups in total. The number of carbonyl (C=O) groups excluding carboxylic acids is 1. The minimum atomic E-state index is -0.370. The average molecular weight is 539 g/mol. The van der Waals surface area contributed by atoms with E-state index in [2.05, 4.69) is 26.2 Å². The van der Waals surface area contributed by atoms with Gasteiger partial charge in [0.15, 0.2) is 5.17 Å². The van der Waals surface area contributed by atoms with Crippen molar-refractivity contribution in [2.24, 2.45) is 4.99 Å². The Hall–Kier alpha value is -3.17. The molecule has 9 heteroatoms. The number of amides is 1. The maximum Gasteiger partial charge on any atom is 0.274 e. The number of nitro groups is 1. The van der Waals surface area contributed by atoms with Gasteiger partial charge in [-0.2, -0.15) is 0 Å². The number of nitrogens with one attached hydrogen (secondary N) is 1. The number of benzene rings is 2. The lowest BCUT2D eigenvalue weighted by molar-refractivity contribution is -0.385. The van der Waals surface area contributed by atoms with Gasteiger partial charge in [-0.3, -0.25) is 14.9 Å². The van der Waals surface area contributed by atoms with Gasteiger partial charge >= 0.3 is 0 Å². The van der Waals surface area contributed by atoms with E-state index in [0.29, 0.717) is 21.3 Å². The molecule has 1 aliphatic heterocycles. The topological polar surface area (TPSA) is 89.5 Å². The van der Waals surface area contributed by atoms with E-state index in [9.17, 15) is 14.9 Å². The fraction of sp³-hybridized carbons (Fsp3) is 0.200. The third-order valence-electron chi connectivity index (χ3n) is 5.71. The number of aliphatic imine (C=N–C) groups is 1. The van der Waals surface area contributed by atoms with Crippen LogP contribution in [-0.2, 0) is 4.79 Å². The first-order chi connectivity index (χ1) is 16.0. The fourth-order valence-corrected chi connectivity index (χ4v) is 5.05. The van der Waals surface area contributed by atoms with Gasteiger partial charge in [-0.25, -0.2) is 4.99 Å². The molecule has 2 heterocycles. The van der Waals surface area contributed by atoms with Crippen LogP contribution in [0.1, 0.15) is 33.6 Å². The minimum Gasteiger partial charge on any atom is -0.318 e. The fourth-order valence-electron chi connectivity index (χ4n) is 3.99. The monoisotopic (exact) mass is 538 g/mol. The molecule has 34 heavy (non-hydrogen) atoms. The average Bonchev–Trinajstić information content (AvgIpc) is 3.24. The van der Waals surface area contributed by atoms with Gasteiger partial charge < -0.3 is 9.88 Å². The maximum absolute atomic E-state index is 12.6. The van der Waals surface area contributed by atoms with E-state index in [1.165, 1.54) is 11.8 Å². The van der Waals surface area contributed by atoms with Crippen molar-refractivity contribution >= 4 is 56.2 Å². The predicted molar refractivity (Wildman–Crippen MR) is 141 cm³/mol. The molecule has 0 unspecified atom stereocenters. The molecule has 0 bridgehead atoms. The number of hydrogen-bond acceptors (Lipinski definition) is 5. The van der Waals surface area contributed by atoms with E-state index >= 15 is 0 Å². The molecule has 2 aromatic carbocycles. The van der Waals surface area contributed by atoms with Gasteiger partial charge in [0, 0.05) is 27.5 Å². The summed E-state index contributed by atoms with van der Waals surface area (Å²) in [6, 6.07) is 11.1. The van der Waals surface area contributed by atoms with Gasteiger partial charge in [0.05, 0.1) is 21.2 Å². The number of rotatable bonds is 4. The largest absolute Gasteiger partial charge is 0.318 e. The van der Waals surface area contributed by atoms with Gasteiger partial charge in [0.25, 0.3) is 11.6 Å². The van der Waals surface area contributed by atoms with Crippen molar-refractivity contribution in [1.29, 1.82) is 0 Å². The smallest absolute Gasteiger partial charge is 0.274 e. The standard InChI is InChI=1S/C25H23BrN4O3S/c1-13-6-7-20(12-21(13)30(32)33)29-16(4)10-18(17(29)5)11-22-24(31)28-25(34-22)27-19-8-14(2)23(26)15(3)9-19/h6-12H,1-5H3,(H,27,28,31)/b22-11-. The third-order valence-corrected chi connectivity index (χ3v) is 7.87. The van der Waals surface area contributed by atoms with Crippen LogP contribution in [0.5, 0.6) is 0 Å². The summed E-state index contributed by atoms with van der Waals surface area (Å²) in [5.74, 6) is -0.204. The lowest BCUT2D eigenvalue weighted by Crippen LogP contribution is -2.19. The zero-order valence-corrected chi connectivity index (χ0v) is 21.8. The summed E-state index contributed by atoms with van der Waals surface area (Å²) in [7, 11) is 0. The third kappa shape index (κ3) is 4.58. The number of nitrogens with zero attached hydrogens (tertiary/aromatic N) is 3. The molecule has 1 aromatic heterocycles. The Balaban J connectivity index is 1.66. The molecule has 174 valence electrons. The van der Waals surface area contributed by atoms with E-state index in [1.54, 1.807) is 19.1 Å². The van der Waals surface area contributed by atoms with Crippen molar-refractivity contribution in [2.75, 3.05) is 0 Å². The summed E-state index contributed by atoms with van der Waals surface area (Å²) in [5.41, 5.74) is 7.01. The summed E-state index contributed by atoms with van der Waals surface area (Å²) in [4.78, 5) is 28.8. The Bertz CT molecular complexity index is 1400. The van der Waals surface area contributed by atoms with Crippen molar-refractivity contribution < 1.29 is 9.72 Å². The summed E-state index contributed by atoms with van der Waals surface area (Å²) in [5, 5.41) is 14.8. The van der Waals surface area contributed by atoms with E-state index in [-0.39, 0.29) is 16.5 Å². The molecule has 0 saturated carbocycles. The van der Waals surface area contributed by atoms with Crippen molar-refractivity contribution in [3.8, 4) is 5.69 Å². The Kier molecular flexibility index (Phi) is 6.51. The number of hydrogen-bond donors (Lipinski definition) is 1. The summed E-state index contributed by atoms with van der Waals surface area (Å²) < 4.78 is 3.01. The lowest BCUT2D eigenvalue weighted by atomic mass is 10.1. The zero-order chi connectivity index (χ0) is 24.7. The molecule has 0 radical (unpaired) electrons. The van der Waals surface area contributed by atoms with Crippen LogP contribution in [0.15, 0.2) is 50.8 Å². The van der Waals surface area contributed by atoms with Crippen LogP contribution in [0.2, 0.25) is 0 Å². The highest BCUT2D eigenvalue weighted by molar-refractivity contribution is 9.10. The van der Waals surface area contributed by atoms with E-state index in [0.717, 1.165) is 38.2 Å². The van der Waals surface area contributed by atoms with Gasteiger partial charge in [-0.15, -0.1) is 0 Å². The van der Waals surface area contributed by atoms with Crippen molar-refractivity contribution in [3.05, 3.63) is 89.5 Å². The zero-order valence-electron chi connectivity index (χ0n) is 19.4. The Labute approximate surface area is 210 Å². The summed E-state index contributed by atoms with van der Waals surface area (Å²) in [6.45, 7) is 9.60. The van der Waals surface area contributed by atoms with Gasteiger partial charge in [0.1, 0.15) is 0 Å². The molecular formula is C25H23BrN4O3S. The highest BCUT2D eigenvalue weighted by Gasteiger charge is 2.25. The van der Waals surface area contributed by atoms with Gasteiger partial charge in [-0.1, -0.05) is 22.0 Å². The number of nitro benzene ring substituents is 1. The van der Waals surface area contributed by atoms with Crippen molar-refractivity contribution in [1.82, 2.24) is 9.88 Å². The molecule has 0 aliphatic carbocycles. The Morgan fingerprint density at radius 1 is 1.06 bits per heavy atom. The molecule has 7 nitrogen and oxygen atoms in total. The SMILES string of the molecule is Cc1ccc(-n2c(C)cc(/C=C3\SC(=Nc4cc(C)c(Br)c(C)c4)NC3=O)c2C)cc1[N+](=O)[O-]. The second kappa shape index (κ2) is 9.23. The molecule has 3 aromatic rings. The predicted octanol–water partition coefficient (Wildman–Crippen LogP) is 6.58. The minimum absolute atomic E-state index is 0.0786. The Morgan fingerprint density at radius 3 is 2.38 bits per heavy atom. The first-order valence-corrected chi connectivity index (χ1v) is 12.2. The first-order valence-electron chi connectivity index (χ1n) is 10.6. The molecular weight excluding hydrogens is 516 g/mol. The molecule has 1 aliphatic rings. The number of carbonyl (C=O) groups is 1. The second-order valence-corrected chi connectivity index (χ2v) is 10.1. The Morgan fingerprint density at radius 2 is 1.74 bits per heavy atom. The number of aryl methyl sites for hydroxylation is 4. The molecule has 0 spiro atoms. The summed E-state index contributed by atoms with van der Waals surface area (Å²) >= 11 is 4.85. The van der Waals surface area contributed by atoms with Gasteiger partial charge in [-0.05, 0) is 93.4 Å².